The lowest BCUT2D eigenvalue weighted by atomic mass is 10.1. The number of carbonyl (C=O) groups is 1. The van der Waals surface area contributed by atoms with Crippen molar-refractivity contribution in [3.63, 3.8) is 0 Å². The molecule has 0 radical (unpaired) electrons. The van der Waals surface area contributed by atoms with E-state index in [1.165, 1.54) is 37.6 Å². The number of hydrogen-bond donors (Lipinski definition) is 1. The van der Waals surface area contributed by atoms with E-state index in [1.807, 2.05) is 26.0 Å². The van der Waals surface area contributed by atoms with Gasteiger partial charge in [-0.15, -0.1) is 0 Å². The highest BCUT2D eigenvalue weighted by molar-refractivity contribution is 7.92. The molecule has 0 saturated heterocycles. The SMILES string of the molecule is COc1cc(/C=N\NC(=O)CN(c2ccc(C)c(C)c2)S(=O)(=O)c2ccc(Cl)cc2)ccc1OCc1ccc(Cl)cc1. The van der Waals surface area contributed by atoms with Crippen molar-refractivity contribution in [2.75, 3.05) is 18.0 Å². The summed E-state index contributed by atoms with van der Waals surface area (Å²) in [5, 5.41) is 5.07. The third-order valence-electron chi connectivity index (χ3n) is 6.37. The zero-order valence-electron chi connectivity index (χ0n) is 23.2. The van der Waals surface area contributed by atoms with E-state index in [4.69, 9.17) is 32.7 Å². The van der Waals surface area contributed by atoms with Gasteiger partial charge < -0.3 is 9.47 Å². The van der Waals surface area contributed by atoms with Crippen molar-refractivity contribution in [1.29, 1.82) is 0 Å². The topological polar surface area (TPSA) is 97.3 Å². The third kappa shape index (κ3) is 7.82. The molecule has 0 aromatic heterocycles. The number of rotatable bonds is 11. The van der Waals surface area contributed by atoms with Crippen LogP contribution in [-0.4, -0.2) is 34.2 Å². The van der Waals surface area contributed by atoms with Gasteiger partial charge in [0.15, 0.2) is 11.5 Å². The lowest BCUT2D eigenvalue weighted by Gasteiger charge is -2.24. The molecule has 0 spiro atoms. The zero-order valence-corrected chi connectivity index (χ0v) is 25.5. The fraction of sp³-hybridized carbons (Fsp3) is 0.161. The molecule has 42 heavy (non-hydrogen) atoms. The molecular formula is C31H29Cl2N3O5S. The Labute approximate surface area is 255 Å². The average Bonchev–Trinajstić information content (AvgIpc) is 2.97. The number of hydrazone groups is 1. The molecular weight excluding hydrogens is 597 g/mol. The molecule has 1 N–H and O–H groups in total. The first-order valence-electron chi connectivity index (χ1n) is 12.8. The molecule has 4 rings (SSSR count). The highest BCUT2D eigenvalue weighted by atomic mass is 35.5. The number of amides is 1. The molecule has 0 saturated carbocycles. The van der Waals surface area contributed by atoms with Crippen LogP contribution in [0.5, 0.6) is 11.5 Å². The van der Waals surface area contributed by atoms with E-state index >= 15 is 0 Å². The predicted octanol–water partition coefficient (Wildman–Crippen LogP) is 6.54. The maximum atomic E-state index is 13.6. The van der Waals surface area contributed by atoms with Crippen molar-refractivity contribution in [3.8, 4) is 11.5 Å². The maximum absolute atomic E-state index is 13.6. The number of aryl methyl sites for hydroxylation is 2. The summed E-state index contributed by atoms with van der Waals surface area (Å²) in [7, 11) is -2.57. The Kier molecular flexibility index (Phi) is 10.1. The minimum Gasteiger partial charge on any atom is -0.493 e. The Bertz CT molecular complexity index is 1690. The summed E-state index contributed by atoms with van der Waals surface area (Å²) in [5.41, 5.74) is 6.22. The first kappa shape index (κ1) is 30.9. The van der Waals surface area contributed by atoms with Crippen molar-refractivity contribution in [1.82, 2.24) is 5.43 Å². The van der Waals surface area contributed by atoms with Crippen LogP contribution in [0.3, 0.4) is 0 Å². The second-order valence-electron chi connectivity index (χ2n) is 9.35. The van der Waals surface area contributed by atoms with Gasteiger partial charge in [-0.3, -0.25) is 9.10 Å². The summed E-state index contributed by atoms with van der Waals surface area (Å²) >= 11 is 11.9. The van der Waals surface area contributed by atoms with Crippen LogP contribution in [0.15, 0.2) is 94.9 Å². The van der Waals surface area contributed by atoms with Gasteiger partial charge in [0.1, 0.15) is 13.2 Å². The minimum absolute atomic E-state index is 0.00638. The Balaban J connectivity index is 1.47. The van der Waals surface area contributed by atoms with Gasteiger partial charge in [0.2, 0.25) is 0 Å². The molecule has 0 atom stereocenters. The second-order valence-corrected chi connectivity index (χ2v) is 12.1. The lowest BCUT2D eigenvalue weighted by molar-refractivity contribution is -0.119. The maximum Gasteiger partial charge on any atom is 0.264 e. The van der Waals surface area contributed by atoms with E-state index in [9.17, 15) is 13.2 Å². The fourth-order valence-corrected chi connectivity index (χ4v) is 5.56. The summed E-state index contributed by atoms with van der Waals surface area (Å²) in [5.74, 6) is 0.385. The van der Waals surface area contributed by atoms with Gasteiger partial charge in [0, 0.05) is 10.0 Å². The number of sulfonamides is 1. The number of nitrogens with one attached hydrogen (secondary N) is 1. The summed E-state index contributed by atoms with van der Waals surface area (Å²) in [6.07, 6.45) is 1.43. The van der Waals surface area contributed by atoms with Crippen LogP contribution < -0.4 is 19.2 Å². The van der Waals surface area contributed by atoms with Gasteiger partial charge in [0.25, 0.3) is 15.9 Å². The molecule has 0 unspecified atom stereocenters. The van der Waals surface area contributed by atoms with E-state index in [0.717, 1.165) is 21.0 Å². The number of ether oxygens (including phenoxy) is 2. The summed E-state index contributed by atoms with van der Waals surface area (Å²) in [6.45, 7) is 3.63. The van der Waals surface area contributed by atoms with Crippen LogP contribution in [0.2, 0.25) is 10.0 Å². The zero-order chi connectivity index (χ0) is 30.3. The molecule has 4 aromatic rings. The molecule has 0 aliphatic rings. The summed E-state index contributed by atoms with van der Waals surface area (Å²) < 4.78 is 39.5. The number of halogens is 2. The highest BCUT2D eigenvalue weighted by Gasteiger charge is 2.27. The first-order valence-corrected chi connectivity index (χ1v) is 15.0. The Morgan fingerprint density at radius 2 is 1.55 bits per heavy atom. The monoisotopic (exact) mass is 625 g/mol. The molecule has 0 fully saturated rings. The number of anilines is 1. The molecule has 4 aromatic carbocycles. The van der Waals surface area contributed by atoms with Crippen LogP contribution in [0.25, 0.3) is 0 Å². The molecule has 0 bridgehead atoms. The average molecular weight is 627 g/mol. The number of carbonyl (C=O) groups excluding carboxylic acids is 1. The van der Waals surface area contributed by atoms with Crippen LogP contribution >= 0.6 is 23.2 Å². The van der Waals surface area contributed by atoms with Crippen molar-refractivity contribution in [3.05, 3.63) is 117 Å². The largest absolute Gasteiger partial charge is 0.493 e. The van der Waals surface area contributed by atoms with Crippen molar-refractivity contribution >= 4 is 51.0 Å². The molecule has 11 heteroatoms. The van der Waals surface area contributed by atoms with Gasteiger partial charge >= 0.3 is 0 Å². The third-order valence-corrected chi connectivity index (χ3v) is 8.66. The van der Waals surface area contributed by atoms with Gasteiger partial charge in [-0.05, 0) is 103 Å². The summed E-state index contributed by atoms with van der Waals surface area (Å²) in [6, 6.07) is 23.5. The molecule has 1 amide bonds. The molecule has 218 valence electrons. The van der Waals surface area contributed by atoms with Gasteiger partial charge in [0.05, 0.1) is 23.9 Å². The standard InChI is InChI=1S/C31H29Cl2N3O5S/c1-21-4-12-27(16-22(21)2)36(42(38,39)28-13-10-26(33)11-14-28)19-31(37)35-34-18-24-7-15-29(30(17-24)40-3)41-20-23-5-8-25(32)9-6-23/h4-18H,19-20H2,1-3H3,(H,35,37)/b34-18-. The normalized spacial score (nSPS) is 11.4. The van der Waals surface area contributed by atoms with E-state index in [1.54, 1.807) is 48.5 Å². The molecule has 0 aliphatic heterocycles. The van der Waals surface area contributed by atoms with Crippen LogP contribution in [0.4, 0.5) is 5.69 Å². The summed E-state index contributed by atoms with van der Waals surface area (Å²) in [4.78, 5) is 12.9. The molecule has 0 aliphatic carbocycles. The van der Waals surface area contributed by atoms with Crippen molar-refractivity contribution in [2.45, 2.75) is 25.3 Å². The molecule has 0 heterocycles. The van der Waals surface area contributed by atoms with Crippen LogP contribution in [0, 0.1) is 13.8 Å². The van der Waals surface area contributed by atoms with E-state index in [0.29, 0.717) is 39.4 Å². The van der Waals surface area contributed by atoms with Crippen LogP contribution in [0.1, 0.15) is 22.3 Å². The second kappa shape index (κ2) is 13.7. The number of benzene rings is 4. The molecule has 8 nitrogen and oxygen atoms in total. The predicted molar refractivity (Wildman–Crippen MR) is 166 cm³/mol. The first-order chi connectivity index (χ1) is 20.1. The van der Waals surface area contributed by atoms with E-state index in [-0.39, 0.29) is 4.90 Å². The highest BCUT2D eigenvalue weighted by Crippen LogP contribution is 2.29. The Hall–Kier alpha value is -4.05. The number of nitrogens with zero attached hydrogens (tertiary/aromatic N) is 2. The Morgan fingerprint density at radius 3 is 2.19 bits per heavy atom. The van der Waals surface area contributed by atoms with Crippen molar-refractivity contribution in [2.24, 2.45) is 5.10 Å². The van der Waals surface area contributed by atoms with E-state index in [2.05, 4.69) is 10.5 Å². The van der Waals surface area contributed by atoms with Gasteiger partial charge in [-0.1, -0.05) is 41.4 Å². The van der Waals surface area contributed by atoms with E-state index < -0.39 is 22.5 Å². The van der Waals surface area contributed by atoms with Gasteiger partial charge in [-0.2, -0.15) is 5.10 Å². The van der Waals surface area contributed by atoms with Gasteiger partial charge in [-0.25, -0.2) is 13.8 Å². The Morgan fingerprint density at radius 1 is 0.881 bits per heavy atom. The van der Waals surface area contributed by atoms with Crippen molar-refractivity contribution < 1.29 is 22.7 Å². The van der Waals surface area contributed by atoms with Crippen LogP contribution in [-0.2, 0) is 21.4 Å². The minimum atomic E-state index is -4.09. The number of methoxy groups -OCH3 is 1. The number of hydrogen-bond acceptors (Lipinski definition) is 6. The quantitative estimate of drug-likeness (QED) is 0.151. The smallest absolute Gasteiger partial charge is 0.264 e. The lowest BCUT2D eigenvalue weighted by Crippen LogP contribution is -2.39. The fourth-order valence-electron chi connectivity index (χ4n) is 3.90.